The molecule has 14 heavy (non-hydrogen) atoms. The molecule has 1 aromatic carbocycles. The van der Waals surface area contributed by atoms with E-state index in [1.165, 1.54) is 0 Å². The lowest BCUT2D eigenvalue weighted by atomic mass is 10.3. The predicted molar refractivity (Wildman–Crippen MR) is 56.5 cm³/mol. The summed E-state index contributed by atoms with van der Waals surface area (Å²) >= 11 is 5.65. The molecule has 0 aliphatic rings. The highest BCUT2D eigenvalue weighted by molar-refractivity contribution is 7.54. The zero-order valence-electron chi connectivity index (χ0n) is 7.61. The molecular formula is C8H11ClNO3P. The van der Waals surface area contributed by atoms with Crippen LogP contribution in [0.25, 0.3) is 0 Å². The fourth-order valence-electron chi connectivity index (χ4n) is 0.895. The molecule has 0 radical (unpaired) electrons. The minimum absolute atomic E-state index is 0.175. The van der Waals surface area contributed by atoms with Gasteiger partial charge in [0.2, 0.25) is 0 Å². The summed E-state index contributed by atoms with van der Waals surface area (Å²) in [6.45, 7) is 1.82. The third kappa shape index (κ3) is 3.68. The van der Waals surface area contributed by atoms with Crippen molar-refractivity contribution in [1.82, 2.24) is 0 Å². The molecule has 0 aliphatic heterocycles. The Morgan fingerprint density at radius 1 is 1.50 bits per heavy atom. The summed E-state index contributed by atoms with van der Waals surface area (Å²) in [4.78, 5) is 9.23. The monoisotopic (exact) mass is 235 g/mol. The van der Waals surface area contributed by atoms with Crippen LogP contribution in [0.2, 0.25) is 5.02 Å². The van der Waals surface area contributed by atoms with Gasteiger partial charge in [-0.3, -0.25) is 9.61 Å². The van der Waals surface area contributed by atoms with E-state index in [1.807, 2.05) is 0 Å². The van der Waals surface area contributed by atoms with Crippen LogP contribution in [0.5, 0.6) is 0 Å². The molecule has 78 valence electrons. The van der Waals surface area contributed by atoms with Crippen molar-refractivity contribution in [2.24, 2.45) is 0 Å². The maximum absolute atomic E-state index is 11.3. The molecular weight excluding hydrogens is 225 g/mol. The second-order valence-electron chi connectivity index (χ2n) is 2.56. The van der Waals surface area contributed by atoms with E-state index in [9.17, 15) is 9.46 Å². The summed E-state index contributed by atoms with van der Waals surface area (Å²) in [7, 11) is -3.72. The molecule has 2 N–H and O–H groups in total. The second-order valence-corrected chi connectivity index (χ2v) is 4.52. The molecule has 0 spiro atoms. The largest absolute Gasteiger partial charge is 0.430 e. The van der Waals surface area contributed by atoms with Crippen LogP contribution >= 0.6 is 19.3 Å². The highest BCUT2D eigenvalue weighted by Crippen LogP contribution is 2.41. The Hall–Kier alpha value is -0.540. The second kappa shape index (κ2) is 4.80. The normalized spacial score (nSPS) is 14.8. The first-order valence-corrected chi connectivity index (χ1v) is 6.00. The summed E-state index contributed by atoms with van der Waals surface area (Å²) in [5.74, 6) is 0. The number of hydrogen-bond acceptors (Lipinski definition) is 2. The van der Waals surface area contributed by atoms with Crippen LogP contribution < -0.4 is 5.09 Å². The first-order valence-electron chi connectivity index (χ1n) is 4.04. The summed E-state index contributed by atoms with van der Waals surface area (Å²) in [6, 6.07) is 6.44. The third-order valence-electron chi connectivity index (χ3n) is 1.42. The van der Waals surface area contributed by atoms with Crippen LogP contribution in [0.15, 0.2) is 24.3 Å². The Labute approximate surface area is 87.4 Å². The fraction of sp³-hybridized carbons (Fsp3) is 0.250. The fourth-order valence-corrected chi connectivity index (χ4v) is 1.91. The zero-order chi connectivity index (χ0) is 10.6. The molecule has 0 aromatic heterocycles. The zero-order valence-corrected chi connectivity index (χ0v) is 9.26. The van der Waals surface area contributed by atoms with E-state index in [1.54, 1.807) is 31.2 Å². The quantitative estimate of drug-likeness (QED) is 0.788. The molecule has 0 amide bonds. The first-order chi connectivity index (χ1) is 6.53. The highest BCUT2D eigenvalue weighted by atomic mass is 35.5. The number of nitrogens with one attached hydrogen (secondary N) is 1. The number of hydrogen-bond donors (Lipinski definition) is 2. The molecule has 1 atom stereocenters. The van der Waals surface area contributed by atoms with Gasteiger partial charge in [0.25, 0.3) is 0 Å². The minimum atomic E-state index is -3.72. The van der Waals surface area contributed by atoms with Gasteiger partial charge in [-0.2, -0.15) is 0 Å². The van der Waals surface area contributed by atoms with Gasteiger partial charge in [-0.05, 0) is 31.2 Å². The van der Waals surface area contributed by atoms with Gasteiger partial charge in [0.05, 0.1) is 6.61 Å². The summed E-state index contributed by atoms with van der Waals surface area (Å²) in [5, 5.41) is 2.95. The topological polar surface area (TPSA) is 58.6 Å². The Morgan fingerprint density at radius 2 is 2.07 bits per heavy atom. The van der Waals surface area contributed by atoms with Gasteiger partial charge >= 0.3 is 7.75 Å². The Balaban J connectivity index is 2.69. The van der Waals surface area contributed by atoms with Crippen LogP contribution in [-0.2, 0) is 9.09 Å². The van der Waals surface area contributed by atoms with Crippen LogP contribution in [-0.4, -0.2) is 11.5 Å². The van der Waals surface area contributed by atoms with Gasteiger partial charge in [0.15, 0.2) is 0 Å². The van der Waals surface area contributed by atoms with E-state index < -0.39 is 7.75 Å². The van der Waals surface area contributed by atoms with E-state index >= 15 is 0 Å². The van der Waals surface area contributed by atoms with Crippen LogP contribution in [0.4, 0.5) is 5.69 Å². The molecule has 1 aromatic rings. The molecule has 6 heteroatoms. The Bertz CT molecular complexity index is 341. The standard InChI is InChI=1S/C8H11ClNO3P/c1-2-13-14(11,12)10-8-5-3-7(9)4-6-8/h3-6H,2H2,1H3,(H2,10,11,12). The maximum Gasteiger partial charge on any atom is 0.430 e. The van der Waals surface area contributed by atoms with Gasteiger partial charge in [-0.25, -0.2) is 4.57 Å². The average molecular weight is 236 g/mol. The lowest BCUT2D eigenvalue weighted by Crippen LogP contribution is -1.99. The van der Waals surface area contributed by atoms with Crippen LogP contribution in [0, 0.1) is 0 Å². The van der Waals surface area contributed by atoms with Crippen molar-refractivity contribution in [3.63, 3.8) is 0 Å². The van der Waals surface area contributed by atoms with Crippen LogP contribution in [0.1, 0.15) is 6.92 Å². The summed E-state index contributed by atoms with van der Waals surface area (Å²) < 4.78 is 15.9. The van der Waals surface area contributed by atoms with E-state index in [0.29, 0.717) is 10.7 Å². The number of rotatable bonds is 4. The smallest absolute Gasteiger partial charge is 0.308 e. The number of halogens is 1. The summed E-state index contributed by atoms with van der Waals surface area (Å²) in [6.07, 6.45) is 0. The Morgan fingerprint density at radius 3 is 2.57 bits per heavy atom. The Kier molecular flexibility index (Phi) is 3.96. The molecule has 0 bridgehead atoms. The van der Waals surface area contributed by atoms with E-state index in [2.05, 4.69) is 9.61 Å². The minimum Gasteiger partial charge on any atom is -0.308 e. The number of benzene rings is 1. The highest BCUT2D eigenvalue weighted by Gasteiger charge is 2.17. The maximum atomic E-state index is 11.3. The van der Waals surface area contributed by atoms with Crippen molar-refractivity contribution in [2.75, 3.05) is 11.7 Å². The van der Waals surface area contributed by atoms with Crippen LogP contribution in [0.3, 0.4) is 0 Å². The van der Waals surface area contributed by atoms with E-state index in [-0.39, 0.29) is 6.61 Å². The lowest BCUT2D eigenvalue weighted by molar-refractivity contribution is 0.279. The molecule has 1 rings (SSSR count). The predicted octanol–water partition coefficient (Wildman–Crippen LogP) is 2.89. The van der Waals surface area contributed by atoms with Crippen molar-refractivity contribution in [1.29, 1.82) is 0 Å². The first kappa shape index (κ1) is 11.5. The molecule has 0 fully saturated rings. The van der Waals surface area contributed by atoms with Gasteiger partial charge < -0.3 is 4.89 Å². The number of anilines is 1. The SMILES string of the molecule is CCOP(=O)(O)Nc1ccc(Cl)cc1. The molecule has 0 heterocycles. The van der Waals surface area contributed by atoms with E-state index in [0.717, 1.165) is 0 Å². The lowest BCUT2D eigenvalue weighted by Gasteiger charge is -2.12. The van der Waals surface area contributed by atoms with Gasteiger partial charge in [0.1, 0.15) is 0 Å². The van der Waals surface area contributed by atoms with Crippen molar-refractivity contribution >= 4 is 25.0 Å². The van der Waals surface area contributed by atoms with Crippen molar-refractivity contribution in [3.8, 4) is 0 Å². The van der Waals surface area contributed by atoms with E-state index in [4.69, 9.17) is 11.6 Å². The van der Waals surface area contributed by atoms with Crippen molar-refractivity contribution < 1.29 is 14.0 Å². The molecule has 0 aliphatic carbocycles. The summed E-state index contributed by atoms with van der Waals surface area (Å²) in [5.41, 5.74) is 0.494. The van der Waals surface area contributed by atoms with Crippen molar-refractivity contribution in [3.05, 3.63) is 29.3 Å². The van der Waals surface area contributed by atoms with Gasteiger partial charge in [-0.15, -0.1) is 0 Å². The third-order valence-corrected chi connectivity index (χ3v) is 2.82. The molecule has 4 nitrogen and oxygen atoms in total. The van der Waals surface area contributed by atoms with Gasteiger partial charge in [0, 0.05) is 10.7 Å². The molecule has 0 saturated heterocycles. The molecule has 0 saturated carbocycles. The van der Waals surface area contributed by atoms with Crippen molar-refractivity contribution in [2.45, 2.75) is 6.92 Å². The molecule has 1 unspecified atom stereocenters. The average Bonchev–Trinajstić information content (AvgIpc) is 2.08. The van der Waals surface area contributed by atoms with Gasteiger partial charge in [-0.1, -0.05) is 11.6 Å².